The van der Waals surface area contributed by atoms with Crippen molar-refractivity contribution in [1.29, 1.82) is 0 Å². The van der Waals surface area contributed by atoms with Gasteiger partial charge in [-0.25, -0.2) is 4.79 Å². The number of carbonyl (C=O) groups is 1. The van der Waals surface area contributed by atoms with Crippen LogP contribution in [0.4, 0.5) is 4.79 Å². The monoisotopic (exact) mass is 258 g/mol. The number of hydrogen-bond donors (Lipinski definition) is 2. The molecule has 0 rings (SSSR count). The molecule has 0 radical (unpaired) electrons. The summed E-state index contributed by atoms with van der Waals surface area (Å²) < 4.78 is 10.3. The van der Waals surface area contributed by atoms with Crippen molar-refractivity contribution in [3.05, 3.63) is 0 Å². The van der Waals surface area contributed by atoms with Crippen molar-refractivity contribution in [2.45, 2.75) is 26.4 Å². The van der Waals surface area contributed by atoms with Gasteiger partial charge in [0.25, 0.3) is 0 Å². The first kappa shape index (κ1) is 16.4. The van der Waals surface area contributed by atoms with Gasteiger partial charge in [-0.2, -0.15) is 5.10 Å². The van der Waals surface area contributed by atoms with E-state index in [0.29, 0.717) is 19.0 Å². The van der Waals surface area contributed by atoms with Gasteiger partial charge in [-0.05, 0) is 27.8 Å². The summed E-state index contributed by atoms with van der Waals surface area (Å²) in [4.78, 5) is 11.3. The van der Waals surface area contributed by atoms with Crippen LogP contribution in [-0.4, -0.2) is 51.1 Å². The summed E-state index contributed by atoms with van der Waals surface area (Å²) in [5.74, 6) is 0.415. The molecule has 2 N–H and O–H groups in total. The number of rotatable bonds is 6. The van der Waals surface area contributed by atoms with Crippen LogP contribution in [0.5, 0.6) is 0 Å². The fourth-order valence-corrected chi connectivity index (χ4v) is 0.981. The van der Waals surface area contributed by atoms with Crippen LogP contribution in [0.3, 0.4) is 0 Å². The molecule has 0 saturated heterocycles. The van der Waals surface area contributed by atoms with Gasteiger partial charge in [-0.1, -0.05) is 0 Å². The minimum absolute atomic E-state index is 0.287. The molecule has 1 amide bonds. The van der Waals surface area contributed by atoms with Crippen LogP contribution in [0.15, 0.2) is 10.2 Å². The van der Waals surface area contributed by atoms with Gasteiger partial charge in [-0.15, -0.1) is 5.10 Å². The van der Waals surface area contributed by atoms with Crippen LogP contribution in [0.25, 0.3) is 0 Å². The van der Waals surface area contributed by atoms with Crippen molar-refractivity contribution in [2.24, 2.45) is 10.2 Å². The molecule has 7 heteroatoms. The molecule has 0 aromatic carbocycles. The van der Waals surface area contributed by atoms with E-state index in [1.54, 1.807) is 27.8 Å². The van der Waals surface area contributed by atoms with Crippen molar-refractivity contribution < 1.29 is 14.3 Å². The summed E-state index contributed by atoms with van der Waals surface area (Å²) >= 11 is 0. The SMILES string of the molecule is C=N/N=C(/CNC)OCCNC(=O)OC(C)(C)C. The number of nitrogens with one attached hydrogen (secondary N) is 2. The maximum absolute atomic E-state index is 11.3. The van der Waals surface area contributed by atoms with Crippen molar-refractivity contribution in [1.82, 2.24) is 10.6 Å². The number of hydrogen-bond acceptors (Lipinski definition) is 6. The van der Waals surface area contributed by atoms with Crippen molar-refractivity contribution in [2.75, 3.05) is 26.7 Å². The standard InChI is InChI=1S/C11H22N4O3/c1-11(2,3)18-10(16)14-6-7-17-9(8-12-4)15-13-5/h12H,5-8H2,1-4H3,(H,14,16)/b15-9-. The Balaban J connectivity index is 3.81. The lowest BCUT2D eigenvalue weighted by atomic mass is 10.2. The van der Waals surface area contributed by atoms with Gasteiger partial charge in [0.05, 0.1) is 13.1 Å². The smallest absolute Gasteiger partial charge is 0.407 e. The molecule has 0 spiro atoms. The van der Waals surface area contributed by atoms with Crippen molar-refractivity contribution in [3.63, 3.8) is 0 Å². The van der Waals surface area contributed by atoms with Crippen molar-refractivity contribution in [3.8, 4) is 0 Å². The number of alkyl carbamates (subject to hydrolysis) is 1. The molecule has 18 heavy (non-hydrogen) atoms. The molecular weight excluding hydrogens is 236 g/mol. The molecule has 0 bridgehead atoms. The molecule has 0 aromatic rings. The Morgan fingerprint density at radius 2 is 2.06 bits per heavy atom. The zero-order chi connectivity index (χ0) is 14.0. The average Bonchev–Trinajstić information content (AvgIpc) is 2.22. The summed E-state index contributed by atoms with van der Waals surface area (Å²) in [6.45, 7) is 9.72. The Kier molecular flexibility index (Phi) is 7.69. The second-order valence-electron chi connectivity index (χ2n) is 4.44. The molecule has 104 valence electrons. The van der Waals surface area contributed by atoms with Gasteiger partial charge in [0.1, 0.15) is 12.2 Å². The third-order valence-corrected chi connectivity index (χ3v) is 1.55. The molecule has 0 fully saturated rings. The lowest BCUT2D eigenvalue weighted by Crippen LogP contribution is -2.35. The van der Waals surface area contributed by atoms with E-state index in [4.69, 9.17) is 9.47 Å². The van der Waals surface area contributed by atoms with E-state index < -0.39 is 11.7 Å². The first-order valence-electron chi connectivity index (χ1n) is 5.66. The van der Waals surface area contributed by atoms with Gasteiger partial charge in [0.15, 0.2) is 0 Å². The Labute approximate surface area is 108 Å². The van der Waals surface area contributed by atoms with Crippen LogP contribution in [-0.2, 0) is 9.47 Å². The van der Waals surface area contributed by atoms with Gasteiger partial charge in [-0.3, -0.25) is 0 Å². The highest BCUT2D eigenvalue weighted by Gasteiger charge is 2.15. The van der Waals surface area contributed by atoms with Crippen LogP contribution in [0.2, 0.25) is 0 Å². The van der Waals surface area contributed by atoms with E-state index in [0.717, 1.165) is 0 Å². The number of ether oxygens (including phenoxy) is 2. The van der Waals surface area contributed by atoms with Crippen LogP contribution < -0.4 is 10.6 Å². The molecule has 7 nitrogen and oxygen atoms in total. The highest BCUT2D eigenvalue weighted by atomic mass is 16.6. The van der Waals surface area contributed by atoms with Crippen molar-refractivity contribution >= 4 is 18.7 Å². The lowest BCUT2D eigenvalue weighted by molar-refractivity contribution is 0.0519. The minimum atomic E-state index is -0.504. The molecule has 0 aliphatic carbocycles. The molecule has 0 saturated carbocycles. The zero-order valence-corrected chi connectivity index (χ0v) is 11.4. The summed E-state index contributed by atoms with van der Waals surface area (Å²) in [6, 6.07) is 0. The highest BCUT2D eigenvalue weighted by molar-refractivity contribution is 5.78. The Morgan fingerprint density at radius 1 is 1.39 bits per heavy atom. The number of likely N-dealkylation sites (N-methyl/N-ethyl adjacent to an activating group) is 1. The normalized spacial score (nSPS) is 11.9. The van der Waals surface area contributed by atoms with E-state index in [1.165, 1.54) is 0 Å². The predicted molar refractivity (Wildman–Crippen MR) is 71.1 cm³/mol. The quantitative estimate of drug-likeness (QED) is 0.319. The van der Waals surface area contributed by atoms with Crippen LogP contribution >= 0.6 is 0 Å². The lowest BCUT2D eigenvalue weighted by Gasteiger charge is -2.19. The second kappa shape index (κ2) is 8.46. The summed E-state index contributed by atoms with van der Waals surface area (Å²) in [6.07, 6.45) is -0.472. The summed E-state index contributed by atoms with van der Waals surface area (Å²) in [5.41, 5.74) is -0.504. The predicted octanol–water partition coefficient (Wildman–Crippen LogP) is 0.761. The third-order valence-electron chi connectivity index (χ3n) is 1.55. The topological polar surface area (TPSA) is 84.3 Å². The van der Waals surface area contributed by atoms with Gasteiger partial charge in [0, 0.05) is 6.72 Å². The van der Waals surface area contributed by atoms with E-state index in [-0.39, 0.29) is 6.61 Å². The van der Waals surface area contributed by atoms with E-state index in [2.05, 4.69) is 27.6 Å². The molecule has 0 heterocycles. The maximum atomic E-state index is 11.3. The minimum Gasteiger partial charge on any atom is -0.477 e. The maximum Gasteiger partial charge on any atom is 0.407 e. The second-order valence-corrected chi connectivity index (χ2v) is 4.44. The Bertz CT molecular complexity index is 297. The van der Waals surface area contributed by atoms with Crippen LogP contribution in [0, 0.1) is 0 Å². The van der Waals surface area contributed by atoms with E-state index in [9.17, 15) is 4.79 Å². The summed E-state index contributed by atoms with van der Waals surface area (Å²) in [5, 5.41) is 12.5. The fraction of sp³-hybridized carbons (Fsp3) is 0.727. The highest BCUT2D eigenvalue weighted by Crippen LogP contribution is 2.05. The van der Waals surface area contributed by atoms with Gasteiger partial charge >= 0.3 is 6.09 Å². The molecule has 0 aliphatic rings. The molecule has 0 aromatic heterocycles. The third kappa shape index (κ3) is 9.59. The fourth-order valence-electron chi connectivity index (χ4n) is 0.981. The number of amides is 1. The zero-order valence-electron chi connectivity index (χ0n) is 11.4. The van der Waals surface area contributed by atoms with Crippen LogP contribution in [0.1, 0.15) is 20.8 Å². The first-order valence-corrected chi connectivity index (χ1v) is 5.66. The number of carbonyl (C=O) groups excluding carboxylic acids is 1. The molecular formula is C11H22N4O3. The van der Waals surface area contributed by atoms with E-state index >= 15 is 0 Å². The Morgan fingerprint density at radius 3 is 2.56 bits per heavy atom. The Hall–Kier alpha value is -1.63. The number of nitrogens with zero attached hydrogens (tertiary/aromatic N) is 2. The molecule has 0 unspecified atom stereocenters. The van der Waals surface area contributed by atoms with E-state index in [1.807, 2.05) is 0 Å². The van der Waals surface area contributed by atoms with Gasteiger partial charge in [0.2, 0.25) is 5.90 Å². The molecule has 0 atom stereocenters. The summed E-state index contributed by atoms with van der Waals surface area (Å²) in [7, 11) is 1.76. The average molecular weight is 258 g/mol. The van der Waals surface area contributed by atoms with Gasteiger partial charge < -0.3 is 20.1 Å². The first-order chi connectivity index (χ1) is 8.39. The molecule has 0 aliphatic heterocycles. The largest absolute Gasteiger partial charge is 0.477 e.